The Morgan fingerprint density at radius 1 is 1.29 bits per heavy atom. The summed E-state index contributed by atoms with van der Waals surface area (Å²) in [6.07, 6.45) is 0. The fourth-order valence-corrected chi connectivity index (χ4v) is 1.36. The minimum absolute atomic E-state index is 0.268. The number of carbonyl (C=O) groups excluding carboxylic acids is 2. The van der Waals surface area contributed by atoms with Crippen LogP contribution in [0, 0.1) is 0 Å². The Morgan fingerprint density at radius 2 is 1.94 bits per heavy atom. The second kappa shape index (κ2) is 6.52. The highest BCUT2D eigenvalue weighted by molar-refractivity contribution is 5.83. The number of amides is 1. The number of anilines is 1. The topological polar surface area (TPSA) is 67.4 Å². The van der Waals surface area contributed by atoms with Gasteiger partial charge in [-0.1, -0.05) is 18.2 Å². The number of para-hydroxylation sites is 1. The predicted molar refractivity (Wildman–Crippen MR) is 64.6 cm³/mol. The molecule has 0 radical (unpaired) electrons. The summed E-state index contributed by atoms with van der Waals surface area (Å²) in [7, 11) is 1.29. The Kier molecular flexibility index (Phi) is 5.00. The first-order valence-electron chi connectivity index (χ1n) is 5.27. The molecule has 0 bridgehead atoms. The Balaban J connectivity index is 2.55. The van der Waals surface area contributed by atoms with Crippen molar-refractivity contribution in [2.24, 2.45) is 0 Å². The molecule has 0 fully saturated rings. The number of hydrogen-bond acceptors (Lipinski definition) is 4. The molecule has 0 aliphatic rings. The third-order valence-electron chi connectivity index (χ3n) is 2.15. The van der Waals surface area contributed by atoms with E-state index in [1.807, 2.05) is 30.3 Å². The van der Waals surface area contributed by atoms with Crippen molar-refractivity contribution >= 4 is 17.6 Å². The number of carbonyl (C=O) groups is 2. The van der Waals surface area contributed by atoms with E-state index < -0.39 is 12.0 Å². The summed E-state index contributed by atoms with van der Waals surface area (Å²) < 4.78 is 4.61. The Labute approximate surface area is 100 Å². The SMILES string of the molecule is COC(=O)C(CNc1ccccc1)NC(C)=O. The van der Waals surface area contributed by atoms with Crippen molar-refractivity contribution in [3.05, 3.63) is 30.3 Å². The summed E-state index contributed by atoms with van der Waals surface area (Å²) in [4.78, 5) is 22.3. The second-order valence-electron chi connectivity index (χ2n) is 3.52. The average molecular weight is 236 g/mol. The smallest absolute Gasteiger partial charge is 0.330 e. The Morgan fingerprint density at radius 3 is 2.47 bits per heavy atom. The highest BCUT2D eigenvalue weighted by Gasteiger charge is 2.19. The van der Waals surface area contributed by atoms with Gasteiger partial charge >= 0.3 is 5.97 Å². The fraction of sp³-hybridized carbons (Fsp3) is 0.333. The molecule has 5 heteroatoms. The van der Waals surface area contributed by atoms with Crippen LogP contribution < -0.4 is 10.6 Å². The Hall–Kier alpha value is -2.04. The van der Waals surface area contributed by atoms with Gasteiger partial charge in [0.15, 0.2) is 0 Å². The molecule has 1 aromatic rings. The van der Waals surface area contributed by atoms with Crippen molar-refractivity contribution in [2.75, 3.05) is 19.0 Å². The van der Waals surface area contributed by atoms with E-state index >= 15 is 0 Å². The molecule has 1 rings (SSSR count). The zero-order valence-electron chi connectivity index (χ0n) is 9.90. The first-order valence-corrected chi connectivity index (χ1v) is 5.27. The number of esters is 1. The molecule has 1 atom stereocenters. The summed E-state index contributed by atoms with van der Waals surface area (Å²) in [5.74, 6) is -0.737. The molecule has 1 aromatic carbocycles. The number of ether oxygens (including phenoxy) is 1. The van der Waals surface area contributed by atoms with Crippen molar-refractivity contribution in [3.63, 3.8) is 0 Å². The second-order valence-corrected chi connectivity index (χ2v) is 3.52. The number of methoxy groups -OCH3 is 1. The lowest BCUT2D eigenvalue weighted by molar-refractivity contribution is -0.144. The molecule has 0 spiro atoms. The lowest BCUT2D eigenvalue weighted by Crippen LogP contribution is -2.45. The highest BCUT2D eigenvalue weighted by atomic mass is 16.5. The maximum absolute atomic E-state index is 11.4. The van der Waals surface area contributed by atoms with Gasteiger partial charge in [-0.15, -0.1) is 0 Å². The summed E-state index contributed by atoms with van der Waals surface area (Å²) in [6.45, 7) is 1.65. The number of nitrogens with one attached hydrogen (secondary N) is 2. The van der Waals surface area contributed by atoms with E-state index in [0.717, 1.165) is 5.69 Å². The molecule has 1 amide bonds. The van der Waals surface area contributed by atoms with Gasteiger partial charge in [-0.05, 0) is 12.1 Å². The first kappa shape index (κ1) is 13.0. The van der Waals surface area contributed by atoms with Crippen LogP contribution >= 0.6 is 0 Å². The molecular weight excluding hydrogens is 220 g/mol. The third-order valence-corrected chi connectivity index (χ3v) is 2.15. The molecule has 0 heterocycles. The molecule has 0 saturated carbocycles. The number of rotatable bonds is 5. The van der Waals surface area contributed by atoms with Crippen LogP contribution in [0.2, 0.25) is 0 Å². The third kappa shape index (κ3) is 4.55. The molecule has 0 aromatic heterocycles. The number of hydrogen-bond donors (Lipinski definition) is 2. The molecule has 5 nitrogen and oxygen atoms in total. The van der Waals surface area contributed by atoms with Crippen LogP contribution in [-0.2, 0) is 14.3 Å². The summed E-state index contributed by atoms with van der Waals surface area (Å²) in [6, 6.07) is 8.74. The minimum Gasteiger partial charge on any atom is -0.467 e. The van der Waals surface area contributed by atoms with Gasteiger partial charge in [-0.25, -0.2) is 4.79 Å². The van der Waals surface area contributed by atoms with E-state index in [4.69, 9.17) is 0 Å². The highest BCUT2D eigenvalue weighted by Crippen LogP contribution is 2.04. The molecule has 17 heavy (non-hydrogen) atoms. The van der Waals surface area contributed by atoms with E-state index in [1.54, 1.807) is 0 Å². The zero-order valence-corrected chi connectivity index (χ0v) is 9.90. The van der Waals surface area contributed by atoms with Crippen LogP contribution in [0.5, 0.6) is 0 Å². The Bertz CT molecular complexity index is 379. The maximum Gasteiger partial charge on any atom is 0.330 e. The standard InChI is InChI=1S/C12H16N2O3/c1-9(15)14-11(12(16)17-2)8-13-10-6-4-3-5-7-10/h3-7,11,13H,8H2,1-2H3,(H,14,15). The van der Waals surface area contributed by atoms with Gasteiger partial charge in [0, 0.05) is 19.2 Å². The molecule has 0 saturated heterocycles. The van der Waals surface area contributed by atoms with E-state index in [9.17, 15) is 9.59 Å². The number of benzene rings is 1. The maximum atomic E-state index is 11.4. The van der Waals surface area contributed by atoms with Crippen LogP contribution in [0.25, 0.3) is 0 Å². The molecule has 0 aliphatic heterocycles. The average Bonchev–Trinajstić information content (AvgIpc) is 2.34. The van der Waals surface area contributed by atoms with Gasteiger partial charge in [0.2, 0.25) is 5.91 Å². The quantitative estimate of drug-likeness (QED) is 0.741. The summed E-state index contributed by atoms with van der Waals surface area (Å²) in [5.41, 5.74) is 0.881. The van der Waals surface area contributed by atoms with Gasteiger partial charge in [-0.2, -0.15) is 0 Å². The van der Waals surface area contributed by atoms with Gasteiger partial charge in [0.1, 0.15) is 6.04 Å². The molecule has 2 N–H and O–H groups in total. The lowest BCUT2D eigenvalue weighted by Gasteiger charge is -2.16. The van der Waals surface area contributed by atoms with Crippen molar-refractivity contribution < 1.29 is 14.3 Å². The minimum atomic E-state index is -0.683. The molecule has 0 aliphatic carbocycles. The monoisotopic (exact) mass is 236 g/mol. The van der Waals surface area contributed by atoms with Crippen molar-refractivity contribution in [3.8, 4) is 0 Å². The van der Waals surface area contributed by atoms with Crippen LogP contribution in [-0.4, -0.2) is 31.6 Å². The van der Waals surface area contributed by atoms with E-state index in [2.05, 4.69) is 15.4 Å². The summed E-state index contributed by atoms with van der Waals surface area (Å²) >= 11 is 0. The molecule has 92 valence electrons. The first-order chi connectivity index (χ1) is 8.13. The van der Waals surface area contributed by atoms with Crippen molar-refractivity contribution in [1.82, 2.24) is 5.32 Å². The van der Waals surface area contributed by atoms with Crippen molar-refractivity contribution in [2.45, 2.75) is 13.0 Å². The van der Waals surface area contributed by atoms with Crippen LogP contribution in [0.3, 0.4) is 0 Å². The van der Waals surface area contributed by atoms with Gasteiger partial charge < -0.3 is 15.4 Å². The van der Waals surface area contributed by atoms with Crippen LogP contribution in [0.15, 0.2) is 30.3 Å². The van der Waals surface area contributed by atoms with Gasteiger partial charge in [-0.3, -0.25) is 4.79 Å². The van der Waals surface area contributed by atoms with Crippen LogP contribution in [0.1, 0.15) is 6.92 Å². The van der Waals surface area contributed by atoms with E-state index in [1.165, 1.54) is 14.0 Å². The van der Waals surface area contributed by atoms with E-state index in [-0.39, 0.29) is 12.5 Å². The normalized spacial score (nSPS) is 11.4. The van der Waals surface area contributed by atoms with Gasteiger partial charge in [0.25, 0.3) is 0 Å². The van der Waals surface area contributed by atoms with Crippen molar-refractivity contribution in [1.29, 1.82) is 0 Å². The fourth-order valence-electron chi connectivity index (χ4n) is 1.36. The molecular formula is C12H16N2O3. The lowest BCUT2D eigenvalue weighted by atomic mass is 10.2. The predicted octanol–water partition coefficient (Wildman–Crippen LogP) is 0.776. The van der Waals surface area contributed by atoms with Gasteiger partial charge in [0.05, 0.1) is 7.11 Å². The summed E-state index contributed by atoms with van der Waals surface area (Å²) in [5, 5.41) is 5.57. The molecule has 1 unspecified atom stereocenters. The largest absolute Gasteiger partial charge is 0.467 e. The van der Waals surface area contributed by atoms with Crippen LogP contribution in [0.4, 0.5) is 5.69 Å². The van der Waals surface area contributed by atoms with E-state index in [0.29, 0.717) is 0 Å². The zero-order chi connectivity index (χ0) is 12.7.